The first-order chi connectivity index (χ1) is 9.43. The highest BCUT2D eigenvalue weighted by Crippen LogP contribution is 2.15. The number of carbonyl (C=O) groups excluding carboxylic acids is 2. The predicted molar refractivity (Wildman–Crippen MR) is 80.8 cm³/mol. The van der Waals surface area contributed by atoms with E-state index in [1.807, 2.05) is 39.0 Å². The van der Waals surface area contributed by atoms with E-state index in [0.717, 1.165) is 23.2 Å². The van der Waals surface area contributed by atoms with Crippen LogP contribution in [0.25, 0.3) is 0 Å². The molecule has 0 aliphatic rings. The van der Waals surface area contributed by atoms with Crippen molar-refractivity contribution in [2.75, 3.05) is 11.9 Å². The normalized spacial score (nSPS) is 11.6. The van der Waals surface area contributed by atoms with Gasteiger partial charge in [-0.25, -0.2) is 4.79 Å². The molecular weight excluding hydrogens is 254 g/mol. The number of nitrogens with one attached hydrogen (secondary N) is 3. The summed E-state index contributed by atoms with van der Waals surface area (Å²) in [5, 5.41) is 8.10. The van der Waals surface area contributed by atoms with Gasteiger partial charge in [-0.3, -0.25) is 4.79 Å². The molecule has 0 heterocycles. The molecule has 0 aliphatic heterocycles. The molecule has 1 aromatic rings. The number of hydrogen-bond donors (Lipinski definition) is 3. The number of anilines is 1. The molecule has 0 saturated carbocycles. The first kappa shape index (κ1) is 16.0. The van der Waals surface area contributed by atoms with Crippen molar-refractivity contribution in [2.45, 2.75) is 40.2 Å². The van der Waals surface area contributed by atoms with Crippen molar-refractivity contribution in [3.8, 4) is 0 Å². The number of urea groups is 1. The van der Waals surface area contributed by atoms with E-state index < -0.39 is 6.04 Å². The van der Waals surface area contributed by atoms with Crippen LogP contribution in [-0.4, -0.2) is 24.5 Å². The smallest absolute Gasteiger partial charge is 0.319 e. The largest absolute Gasteiger partial charge is 0.354 e. The van der Waals surface area contributed by atoms with Crippen molar-refractivity contribution in [2.24, 2.45) is 0 Å². The molecule has 0 bridgehead atoms. The zero-order valence-electron chi connectivity index (χ0n) is 12.5. The van der Waals surface area contributed by atoms with Crippen molar-refractivity contribution in [1.82, 2.24) is 10.6 Å². The van der Waals surface area contributed by atoms with Gasteiger partial charge in [-0.2, -0.15) is 0 Å². The highest BCUT2D eigenvalue weighted by atomic mass is 16.2. The van der Waals surface area contributed by atoms with Gasteiger partial charge in [0.1, 0.15) is 6.04 Å². The van der Waals surface area contributed by atoms with Crippen LogP contribution in [0.5, 0.6) is 0 Å². The third-order valence-electron chi connectivity index (χ3n) is 2.92. The fourth-order valence-electron chi connectivity index (χ4n) is 1.78. The third-order valence-corrected chi connectivity index (χ3v) is 2.92. The van der Waals surface area contributed by atoms with Gasteiger partial charge in [-0.05, 0) is 38.8 Å². The second kappa shape index (κ2) is 7.53. The van der Waals surface area contributed by atoms with Gasteiger partial charge in [0.15, 0.2) is 0 Å². The van der Waals surface area contributed by atoms with Crippen molar-refractivity contribution >= 4 is 17.6 Å². The fraction of sp³-hybridized carbons (Fsp3) is 0.467. The summed E-state index contributed by atoms with van der Waals surface area (Å²) in [7, 11) is 0. The molecule has 20 heavy (non-hydrogen) atoms. The second-order valence-corrected chi connectivity index (χ2v) is 4.93. The molecule has 0 aliphatic carbocycles. The molecule has 5 heteroatoms. The number of rotatable bonds is 5. The lowest BCUT2D eigenvalue weighted by molar-refractivity contribution is -0.122. The minimum atomic E-state index is -0.563. The van der Waals surface area contributed by atoms with Gasteiger partial charge in [0.05, 0.1) is 0 Å². The molecule has 110 valence electrons. The Bertz CT molecular complexity index is 486. The number of amides is 3. The van der Waals surface area contributed by atoms with Gasteiger partial charge in [0.2, 0.25) is 5.91 Å². The molecular formula is C15H23N3O2. The number of hydrogen-bond acceptors (Lipinski definition) is 2. The van der Waals surface area contributed by atoms with Crippen LogP contribution in [0.4, 0.5) is 10.5 Å². The standard InChI is InChI=1S/C15H23N3O2/c1-5-8-16-14(19)12(4)17-15(20)18-13-7-6-10(2)9-11(13)3/h6-7,9,12H,5,8H2,1-4H3,(H,16,19)(H2,17,18,20)/t12-/m1/s1. The molecule has 3 N–H and O–H groups in total. The summed E-state index contributed by atoms with van der Waals surface area (Å²) in [6, 6.07) is 4.84. The maximum Gasteiger partial charge on any atom is 0.319 e. The molecule has 1 rings (SSSR count). The third kappa shape index (κ3) is 4.91. The van der Waals surface area contributed by atoms with Gasteiger partial charge < -0.3 is 16.0 Å². The van der Waals surface area contributed by atoms with E-state index in [4.69, 9.17) is 0 Å². The summed E-state index contributed by atoms with van der Waals surface area (Å²) >= 11 is 0. The van der Waals surface area contributed by atoms with E-state index in [-0.39, 0.29) is 11.9 Å². The Labute approximate surface area is 120 Å². The monoisotopic (exact) mass is 277 g/mol. The Kier molecular flexibility index (Phi) is 6.03. The maximum absolute atomic E-state index is 11.8. The first-order valence-electron chi connectivity index (χ1n) is 6.86. The Morgan fingerprint density at radius 1 is 1.25 bits per heavy atom. The van der Waals surface area contributed by atoms with Crippen LogP contribution in [0.3, 0.4) is 0 Å². The van der Waals surface area contributed by atoms with Gasteiger partial charge >= 0.3 is 6.03 Å². The zero-order valence-corrected chi connectivity index (χ0v) is 12.5. The number of aryl methyl sites for hydroxylation is 2. The van der Waals surface area contributed by atoms with Gasteiger partial charge in [-0.1, -0.05) is 24.6 Å². The van der Waals surface area contributed by atoms with Gasteiger partial charge in [-0.15, -0.1) is 0 Å². The lowest BCUT2D eigenvalue weighted by Gasteiger charge is -2.15. The van der Waals surface area contributed by atoms with E-state index in [1.165, 1.54) is 0 Å². The maximum atomic E-state index is 11.8. The van der Waals surface area contributed by atoms with Crippen molar-refractivity contribution in [3.05, 3.63) is 29.3 Å². The van der Waals surface area contributed by atoms with E-state index in [9.17, 15) is 9.59 Å². The summed E-state index contributed by atoms with van der Waals surface area (Å²) in [6.45, 7) is 8.18. The molecule has 3 amide bonds. The zero-order chi connectivity index (χ0) is 15.1. The molecule has 0 aromatic heterocycles. The number of benzene rings is 1. The lowest BCUT2D eigenvalue weighted by atomic mass is 10.1. The first-order valence-corrected chi connectivity index (χ1v) is 6.86. The molecule has 0 unspecified atom stereocenters. The Morgan fingerprint density at radius 3 is 2.55 bits per heavy atom. The predicted octanol–water partition coefficient (Wildman–Crippen LogP) is 2.34. The lowest BCUT2D eigenvalue weighted by Crippen LogP contribution is -2.46. The molecule has 0 saturated heterocycles. The van der Waals surface area contributed by atoms with Crippen molar-refractivity contribution < 1.29 is 9.59 Å². The summed E-state index contributed by atoms with van der Waals surface area (Å²) < 4.78 is 0. The molecule has 1 aromatic carbocycles. The fourth-order valence-corrected chi connectivity index (χ4v) is 1.78. The van der Waals surface area contributed by atoms with E-state index in [1.54, 1.807) is 6.92 Å². The SMILES string of the molecule is CCCNC(=O)[C@@H](C)NC(=O)Nc1ccc(C)cc1C. The highest BCUT2D eigenvalue weighted by molar-refractivity contribution is 5.94. The van der Waals surface area contributed by atoms with E-state index >= 15 is 0 Å². The molecule has 5 nitrogen and oxygen atoms in total. The summed E-state index contributed by atoms with van der Waals surface area (Å²) in [5.41, 5.74) is 2.87. The van der Waals surface area contributed by atoms with Crippen LogP contribution >= 0.6 is 0 Å². The average Bonchev–Trinajstić information content (AvgIpc) is 2.39. The Balaban J connectivity index is 2.52. The van der Waals surface area contributed by atoms with Crippen LogP contribution in [0.15, 0.2) is 18.2 Å². The Morgan fingerprint density at radius 2 is 1.95 bits per heavy atom. The quantitative estimate of drug-likeness (QED) is 0.773. The van der Waals surface area contributed by atoms with Crippen molar-refractivity contribution in [1.29, 1.82) is 0 Å². The van der Waals surface area contributed by atoms with Crippen LogP contribution in [0.1, 0.15) is 31.4 Å². The van der Waals surface area contributed by atoms with Crippen LogP contribution in [0.2, 0.25) is 0 Å². The topological polar surface area (TPSA) is 70.2 Å². The second-order valence-electron chi connectivity index (χ2n) is 4.93. The molecule has 0 spiro atoms. The minimum absolute atomic E-state index is 0.178. The summed E-state index contributed by atoms with van der Waals surface area (Å²) in [4.78, 5) is 23.5. The minimum Gasteiger partial charge on any atom is -0.354 e. The number of carbonyl (C=O) groups is 2. The molecule has 0 radical (unpaired) electrons. The summed E-state index contributed by atoms with van der Waals surface area (Å²) in [5.74, 6) is -0.178. The molecule has 0 fully saturated rings. The van der Waals surface area contributed by atoms with Crippen LogP contribution in [0, 0.1) is 13.8 Å². The van der Waals surface area contributed by atoms with Crippen LogP contribution < -0.4 is 16.0 Å². The van der Waals surface area contributed by atoms with Crippen molar-refractivity contribution in [3.63, 3.8) is 0 Å². The van der Waals surface area contributed by atoms with Gasteiger partial charge in [0.25, 0.3) is 0 Å². The summed E-state index contributed by atoms with van der Waals surface area (Å²) in [6.07, 6.45) is 0.868. The van der Waals surface area contributed by atoms with E-state index in [0.29, 0.717) is 6.54 Å². The highest BCUT2D eigenvalue weighted by Gasteiger charge is 2.15. The van der Waals surface area contributed by atoms with Crippen LogP contribution in [-0.2, 0) is 4.79 Å². The van der Waals surface area contributed by atoms with Gasteiger partial charge in [0, 0.05) is 12.2 Å². The average molecular weight is 277 g/mol. The molecule has 1 atom stereocenters. The van der Waals surface area contributed by atoms with E-state index in [2.05, 4.69) is 16.0 Å². The Hall–Kier alpha value is -2.04.